The van der Waals surface area contributed by atoms with Crippen molar-refractivity contribution in [2.75, 3.05) is 19.6 Å². The van der Waals surface area contributed by atoms with Gasteiger partial charge in [0.05, 0.1) is 4.88 Å². The quantitative estimate of drug-likeness (QED) is 0.663. The number of nitrogens with one attached hydrogen (secondary N) is 3. The maximum atomic E-state index is 12.2. The lowest BCUT2D eigenvalue weighted by Crippen LogP contribution is -2.29. The molecule has 0 fully saturated rings. The molecule has 0 radical (unpaired) electrons. The van der Waals surface area contributed by atoms with Crippen LogP contribution in [-0.4, -0.2) is 31.4 Å². The first-order chi connectivity index (χ1) is 12.2. The van der Waals surface area contributed by atoms with Gasteiger partial charge in [0, 0.05) is 25.2 Å². The number of thiophene rings is 1. The van der Waals surface area contributed by atoms with Gasteiger partial charge in [0.25, 0.3) is 11.8 Å². The summed E-state index contributed by atoms with van der Waals surface area (Å²) in [4.78, 5) is 24.8. The van der Waals surface area contributed by atoms with Crippen LogP contribution in [0, 0.1) is 0 Å². The number of hydrogen-bond donors (Lipinski definition) is 3. The molecule has 0 bridgehead atoms. The summed E-state index contributed by atoms with van der Waals surface area (Å²) in [6.45, 7) is 2.88. The van der Waals surface area contributed by atoms with Crippen molar-refractivity contribution in [2.45, 2.75) is 13.0 Å². The first-order valence-corrected chi connectivity index (χ1v) is 9.18. The first kappa shape index (κ1) is 20.2. The van der Waals surface area contributed by atoms with Crippen molar-refractivity contribution in [2.24, 2.45) is 0 Å². The fraction of sp³-hybridized carbons (Fsp3) is 0.263. The van der Waals surface area contributed by atoms with Crippen LogP contribution in [0.4, 0.5) is 0 Å². The van der Waals surface area contributed by atoms with Gasteiger partial charge in [-0.2, -0.15) is 0 Å². The summed E-state index contributed by atoms with van der Waals surface area (Å²) in [6, 6.07) is 11.0. The van der Waals surface area contributed by atoms with E-state index < -0.39 is 0 Å². The van der Waals surface area contributed by atoms with E-state index in [1.807, 2.05) is 23.6 Å². The normalized spacial score (nSPS) is 13.3. The zero-order valence-electron chi connectivity index (χ0n) is 14.3. The van der Waals surface area contributed by atoms with E-state index >= 15 is 0 Å². The monoisotopic (exact) mass is 391 g/mol. The third kappa shape index (κ3) is 5.69. The third-order valence-corrected chi connectivity index (χ3v) is 4.92. The molecule has 0 unspecified atom stereocenters. The summed E-state index contributed by atoms with van der Waals surface area (Å²) in [6.07, 6.45) is 3.10. The number of carbonyl (C=O) groups is 2. The van der Waals surface area contributed by atoms with Crippen molar-refractivity contribution in [3.63, 3.8) is 0 Å². The highest BCUT2D eigenvalue weighted by Crippen LogP contribution is 2.09. The number of rotatable bonds is 6. The van der Waals surface area contributed by atoms with Crippen molar-refractivity contribution in [3.05, 3.63) is 69.4 Å². The van der Waals surface area contributed by atoms with Crippen LogP contribution in [0.25, 0.3) is 0 Å². The number of benzene rings is 1. The number of carbonyl (C=O) groups excluding carboxylic acids is 2. The molecule has 0 aliphatic carbocycles. The Morgan fingerprint density at radius 1 is 1.04 bits per heavy atom. The Labute approximate surface area is 163 Å². The molecule has 1 aromatic carbocycles. The van der Waals surface area contributed by atoms with Gasteiger partial charge >= 0.3 is 0 Å². The predicted molar refractivity (Wildman–Crippen MR) is 107 cm³/mol. The van der Waals surface area contributed by atoms with E-state index in [-0.39, 0.29) is 24.2 Å². The summed E-state index contributed by atoms with van der Waals surface area (Å²) < 4.78 is 0. The lowest BCUT2D eigenvalue weighted by molar-refractivity contribution is 0.0946. The van der Waals surface area contributed by atoms with Crippen LogP contribution in [-0.2, 0) is 6.54 Å². The summed E-state index contributed by atoms with van der Waals surface area (Å²) >= 11 is 1.42. The highest BCUT2D eigenvalue weighted by molar-refractivity contribution is 7.12. The minimum Gasteiger partial charge on any atom is -0.348 e. The van der Waals surface area contributed by atoms with E-state index in [0.717, 1.165) is 25.1 Å². The van der Waals surface area contributed by atoms with Gasteiger partial charge in [-0.3, -0.25) is 9.59 Å². The van der Waals surface area contributed by atoms with Crippen LogP contribution in [0.3, 0.4) is 0 Å². The molecule has 0 saturated heterocycles. The highest BCUT2D eigenvalue weighted by Gasteiger charge is 2.09. The molecule has 1 aromatic heterocycles. The van der Waals surface area contributed by atoms with Gasteiger partial charge in [0.1, 0.15) is 0 Å². The van der Waals surface area contributed by atoms with Gasteiger partial charge in [-0.15, -0.1) is 23.7 Å². The van der Waals surface area contributed by atoms with Crippen molar-refractivity contribution < 1.29 is 9.59 Å². The summed E-state index contributed by atoms with van der Waals surface area (Å²) in [7, 11) is 0. The third-order valence-electron chi connectivity index (χ3n) is 4.05. The zero-order valence-corrected chi connectivity index (χ0v) is 15.9. The smallest absolute Gasteiger partial charge is 0.261 e. The minimum absolute atomic E-state index is 0. The van der Waals surface area contributed by atoms with E-state index in [9.17, 15) is 9.59 Å². The van der Waals surface area contributed by atoms with Gasteiger partial charge in [-0.25, -0.2) is 0 Å². The average molecular weight is 392 g/mol. The van der Waals surface area contributed by atoms with Crippen LogP contribution < -0.4 is 16.0 Å². The van der Waals surface area contributed by atoms with Gasteiger partial charge < -0.3 is 16.0 Å². The Kier molecular flexibility index (Phi) is 7.84. The molecule has 138 valence electrons. The van der Waals surface area contributed by atoms with Crippen molar-refractivity contribution in [1.29, 1.82) is 0 Å². The fourth-order valence-electron chi connectivity index (χ4n) is 2.58. The molecule has 2 aromatic rings. The van der Waals surface area contributed by atoms with E-state index in [1.54, 1.807) is 18.2 Å². The SMILES string of the molecule is Cl.O=C(NCC1=CCNCC1)c1ccc(CNC(=O)c2cccs2)cc1. The van der Waals surface area contributed by atoms with Gasteiger partial charge in [0.2, 0.25) is 0 Å². The molecule has 5 nitrogen and oxygen atoms in total. The molecule has 0 spiro atoms. The van der Waals surface area contributed by atoms with Gasteiger partial charge in [-0.05, 0) is 42.1 Å². The van der Waals surface area contributed by atoms with Crippen LogP contribution in [0.15, 0.2) is 53.4 Å². The van der Waals surface area contributed by atoms with E-state index in [4.69, 9.17) is 0 Å². The van der Waals surface area contributed by atoms with Crippen molar-refractivity contribution in [1.82, 2.24) is 16.0 Å². The lowest BCUT2D eigenvalue weighted by Gasteiger charge is -2.14. The minimum atomic E-state index is -0.0768. The molecule has 26 heavy (non-hydrogen) atoms. The van der Waals surface area contributed by atoms with E-state index in [1.165, 1.54) is 16.9 Å². The Bertz CT molecular complexity index is 758. The number of amides is 2. The Morgan fingerprint density at radius 2 is 1.81 bits per heavy atom. The van der Waals surface area contributed by atoms with Gasteiger partial charge in [-0.1, -0.05) is 29.8 Å². The predicted octanol–water partition coefficient (Wildman–Crippen LogP) is 2.75. The molecular formula is C19H22ClN3O2S. The standard InChI is InChI=1S/C19H21N3O2S.ClH/c23-18(21-13-15-7-9-20-10-8-15)16-5-3-14(4-6-16)12-22-19(24)17-2-1-11-25-17;/h1-7,11,20H,8-10,12-13H2,(H,21,23)(H,22,24);1H. The molecule has 2 heterocycles. The molecule has 1 aliphatic rings. The largest absolute Gasteiger partial charge is 0.348 e. The van der Waals surface area contributed by atoms with E-state index in [0.29, 0.717) is 23.5 Å². The molecular weight excluding hydrogens is 370 g/mol. The fourth-order valence-corrected chi connectivity index (χ4v) is 3.22. The molecule has 7 heteroatoms. The van der Waals surface area contributed by atoms with Crippen LogP contribution >= 0.6 is 23.7 Å². The maximum absolute atomic E-state index is 12.2. The summed E-state index contributed by atoms with van der Waals surface area (Å²) in [5, 5.41) is 11.0. The second kappa shape index (κ2) is 10.1. The molecule has 0 atom stereocenters. The summed E-state index contributed by atoms with van der Waals surface area (Å²) in [5.74, 6) is -0.152. The Hall–Kier alpha value is -2.15. The maximum Gasteiger partial charge on any atom is 0.261 e. The van der Waals surface area contributed by atoms with Crippen LogP contribution in [0.2, 0.25) is 0 Å². The number of hydrogen-bond acceptors (Lipinski definition) is 4. The second-order valence-electron chi connectivity index (χ2n) is 5.86. The van der Waals surface area contributed by atoms with Crippen molar-refractivity contribution >= 4 is 35.6 Å². The van der Waals surface area contributed by atoms with Crippen LogP contribution in [0.5, 0.6) is 0 Å². The Morgan fingerprint density at radius 3 is 2.46 bits per heavy atom. The molecule has 3 rings (SSSR count). The van der Waals surface area contributed by atoms with E-state index in [2.05, 4.69) is 22.0 Å². The lowest BCUT2D eigenvalue weighted by atomic mass is 10.1. The second-order valence-corrected chi connectivity index (χ2v) is 6.80. The molecule has 0 saturated carbocycles. The topological polar surface area (TPSA) is 70.2 Å². The van der Waals surface area contributed by atoms with Crippen LogP contribution in [0.1, 0.15) is 32.0 Å². The molecule has 2 amide bonds. The zero-order chi connectivity index (χ0) is 17.5. The highest BCUT2D eigenvalue weighted by atomic mass is 35.5. The first-order valence-electron chi connectivity index (χ1n) is 8.30. The Balaban J connectivity index is 0.00000243. The number of halogens is 1. The summed E-state index contributed by atoms with van der Waals surface area (Å²) in [5.41, 5.74) is 2.85. The van der Waals surface area contributed by atoms with Gasteiger partial charge in [0.15, 0.2) is 0 Å². The molecule has 3 N–H and O–H groups in total. The van der Waals surface area contributed by atoms with Crippen molar-refractivity contribution in [3.8, 4) is 0 Å². The average Bonchev–Trinajstić information content (AvgIpc) is 3.20. The molecule has 1 aliphatic heterocycles.